The number of rotatable bonds is 5. The predicted octanol–water partition coefficient (Wildman–Crippen LogP) is 2.40. The summed E-state index contributed by atoms with van der Waals surface area (Å²) < 4.78 is 0.823. The molecule has 4 nitrogen and oxygen atoms in total. The molecule has 0 bridgehead atoms. The number of amides is 1. The van der Waals surface area contributed by atoms with Gasteiger partial charge in [0.1, 0.15) is 5.51 Å². The van der Waals surface area contributed by atoms with E-state index >= 15 is 0 Å². The molecule has 1 amide bonds. The topological polar surface area (TPSA) is 54.9 Å². The lowest BCUT2D eigenvalue weighted by Crippen LogP contribution is -2.30. The Kier molecular flexibility index (Phi) is 4.52. The van der Waals surface area contributed by atoms with E-state index < -0.39 is 0 Å². The van der Waals surface area contributed by atoms with Gasteiger partial charge in [-0.3, -0.25) is 4.79 Å². The summed E-state index contributed by atoms with van der Waals surface area (Å²) in [4.78, 5) is 13.0. The van der Waals surface area contributed by atoms with Crippen molar-refractivity contribution in [2.24, 2.45) is 0 Å². The SMILES string of the molecule is CC(Sc1nncs1)C(=O)NCc1cccs1. The molecule has 0 aliphatic carbocycles. The number of hydrogen-bond acceptors (Lipinski definition) is 6. The summed E-state index contributed by atoms with van der Waals surface area (Å²) in [6.45, 7) is 2.47. The quantitative estimate of drug-likeness (QED) is 0.857. The van der Waals surface area contributed by atoms with Gasteiger partial charge >= 0.3 is 0 Å². The van der Waals surface area contributed by atoms with Crippen LogP contribution in [0.25, 0.3) is 0 Å². The molecular weight excluding hydrogens is 274 g/mol. The van der Waals surface area contributed by atoms with E-state index in [0.29, 0.717) is 6.54 Å². The van der Waals surface area contributed by atoms with Crippen LogP contribution in [-0.2, 0) is 11.3 Å². The maximum atomic E-state index is 11.8. The minimum Gasteiger partial charge on any atom is -0.350 e. The minimum absolute atomic E-state index is 0.0265. The van der Waals surface area contributed by atoms with Gasteiger partial charge in [0.2, 0.25) is 5.91 Å². The average molecular weight is 285 g/mol. The molecule has 0 aromatic carbocycles. The molecule has 2 aromatic heterocycles. The number of hydrogen-bond donors (Lipinski definition) is 1. The van der Waals surface area contributed by atoms with Crippen molar-refractivity contribution in [2.75, 3.05) is 0 Å². The second-order valence-electron chi connectivity index (χ2n) is 3.26. The Morgan fingerprint density at radius 1 is 1.59 bits per heavy atom. The second kappa shape index (κ2) is 6.13. The van der Waals surface area contributed by atoms with Crippen LogP contribution in [0.3, 0.4) is 0 Å². The van der Waals surface area contributed by atoms with E-state index in [-0.39, 0.29) is 11.2 Å². The van der Waals surface area contributed by atoms with Gasteiger partial charge in [-0.15, -0.1) is 21.5 Å². The predicted molar refractivity (Wildman–Crippen MR) is 71.4 cm³/mol. The lowest BCUT2D eigenvalue weighted by atomic mass is 10.4. The standard InChI is InChI=1S/C10H11N3OS3/c1-7(17-10-13-12-6-16-10)9(14)11-5-8-3-2-4-15-8/h2-4,6-7H,5H2,1H3,(H,11,14). The number of nitrogens with one attached hydrogen (secondary N) is 1. The zero-order chi connectivity index (χ0) is 12.1. The lowest BCUT2D eigenvalue weighted by Gasteiger charge is -2.09. The monoisotopic (exact) mass is 285 g/mol. The van der Waals surface area contributed by atoms with Crippen molar-refractivity contribution in [1.82, 2.24) is 15.5 Å². The number of nitrogens with zero attached hydrogens (tertiary/aromatic N) is 2. The van der Waals surface area contributed by atoms with Gasteiger partial charge in [-0.1, -0.05) is 29.2 Å². The molecule has 0 radical (unpaired) electrons. The third-order valence-electron chi connectivity index (χ3n) is 2.00. The summed E-state index contributed by atoms with van der Waals surface area (Å²) in [7, 11) is 0. The normalized spacial score (nSPS) is 12.3. The van der Waals surface area contributed by atoms with Gasteiger partial charge < -0.3 is 5.32 Å². The summed E-state index contributed by atoms with van der Waals surface area (Å²) in [5.74, 6) is 0.0265. The molecular formula is C10H11N3OS3. The summed E-state index contributed by atoms with van der Waals surface area (Å²) in [6.07, 6.45) is 0. The third kappa shape index (κ3) is 3.79. The van der Waals surface area contributed by atoms with Gasteiger partial charge in [0.05, 0.1) is 11.8 Å². The van der Waals surface area contributed by atoms with Crippen molar-refractivity contribution in [2.45, 2.75) is 23.1 Å². The first-order valence-electron chi connectivity index (χ1n) is 4.98. The van der Waals surface area contributed by atoms with Crippen LogP contribution in [0, 0.1) is 0 Å². The molecule has 7 heteroatoms. The van der Waals surface area contributed by atoms with Gasteiger partial charge in [0.15, 0.2) is 4.34 Å². The Hall–Kier alpha value is -0.920. The van der Waals surface area contributed by atoms with Crippen LogP contribution >= 0.6 is 34.4 Å². The maximum absolute atomic E-state index is 11.8. The minimum atomic E-state index is -0.150. The molecule has 0 fully saturated rings. The third-order valence-corrected chi connectivity index (χ3v) is 4.79. The van der Waals surface area contributed by atoms with Crippen molar-refractivity contribution < 1.29 is 4.79 Å². The van der Waals surface area contributed by atoms with Crippen LogP contribution in [0.4, 0.5) is 0 Å². The molecule has 0 aliphatic heterocycles. The first kappa shape index (κ1) is 12.5. The molecule has 1 unspecified atom stereocenters. The number of carbonyl (C=O) groups excluding carboxylic acids is 1. The number of thioether (sulfide) groups is 1. The molecule has 2 heterocycles. The van der Waals surface area contributed by atoms with Crippen LogP contribution in [0.2, 0.25) is 0 Å². The Morgan fingerprint density at radius 3 is 3.12 bits per heavy atom. The van der Waals surface area contributed by atoms with Crippen LogP contribution in [0.5, 0.6) is 0 Å². The van der Waals surface area contributed by atoms with Crippen LogP contribution < -0.4 is 5.32 Å². The van der Waals surface area contributed by atoms with Crippen LogP contribution in [-0.4, -0.2) is 21.4 Å². The van der Waals surface area contributed by atoms with Crippen molar-refractivity contribution in [3.05, 3.63) is 27.9 Å². The molecule has 0 spiro atoms. The van der Waals surface area contributed by atoms with Crippen molar-refractivity contribution >= 4 is 40.3 Å². The van der Waals surface area contributed by atoms with Crippen molar-refractivity contribution in [3.63, 3.8) is 0 Å². The second-order valence-corrected chi connectivity index (χ2v) is 6.72. The van der Waals surface area contributed by atoms with E-state index in [0.717, 1.165) is 9.22 Å². The summed E-state index contributed by atoms with van der Waals surface area (Å²) in [5, 5.41) is 12.4. The molecule has 2 rings (SSSR count). The van der Waals surface area contributed by atoms with Crippen LogP contribution in [0.15, 0.2) is 27.4 Å². The van der Waals surface area contributed by atoms with E-state index in [4.69, 9.17) is 0 Å². The number of thiophene rings is 1. The Morgan fingerprint density at radius 2 is 2.47 bits per heavy atom. The summed E-state index contributed by atoms with van der Waals surface area (Å²) in [6, 6.07) is 3.99. The zero-order valence-electron chi connectivity index (χ0n) is 9.12. The highest BCUT2D eigenvalue weighted by molar-refractivity contribution is 8.02. The average Bonchev–Trinajstić information content (AvgIpc) is 2.98. The summed E-state index contributed by atoms with van der Waals surface area (Å²) in [5.41, 5.74) is 1.67. The van der Waals surface area contributed by atoms with E-state index in [1.165, 1.54) is 23.1 Å². The summed E-state index contributed by atoms with van der Waals surface area (Å²) >= 11 is 4.52. The van der Waals surface area contributed by atoms with Gasteiger partial charge in [-0.25, -0.2) is 0 Å². The molecule has 90 valence electrons. The molecule has 2 aromatic rings. The van der Waals surface area contributed by atoms with E-state index in [2.05, 4.69) is 15.5 Å². The number of aromatic nitrogens is 2. The Balaban J connectivity index is 1.79. The molecule has 1 atom stereocenters. The smallest absolute Gasteiger partial charge is 0.233 e. The van der Waals surface area contributed by atoms with Gasteiger partial charge in [0, 0.05) is 4.88 Å². The van der Waals surface area contributed by atoms with Crippen molar-refractivity contribution in [3.8, 4) is 0 Å². The van der Waals surface area contributed by atoms with Crippen molar-refractivity contribution in [1.29, 1.82) is 0 Å². The highest BCUT2D eigenvalue weighted by Gasteiger charge is 2.15. The fourth-order valence-electron chi connectivity index (χ4n) is 1.15. The number of carbonyl (C=O) groups is 1. The van der Waals surface area contributed by atoms with E-state index in [1.54, 1.807) is 16.8 Å². The van der Waals surface area contributed by atoms with E-state index in [1.807, 2.05) is 24.4 Å². The Labute approximate surface area is 111 Å². The first-order chi connectivity index (χ1) is 8.25. The fourth-order valence-corrected chi connectivity index (χ4v) is 3.44. The fraction of sp³-hybridized carbons (Fsp3) is 0.300. The largest absolute Gasteiger partial charge is 0.350 e. The van der Waals surface area contributed by atoms with Gasteiger partial charge in [0.25, 0.3) is 0 Å². The van der Waals surface area contributed by atoms with Gasteiger partial charge in [-0.2, -0.15) is 0 Å². The highest BCUT2D eigenvalue weighted by atomic mass is 32.2. The highest BCUT2D eigenvalue weighted by Crippen LogP contribution is 2.24. The zero-order valence-corrected chi connectivity index (χ0v) is 11.6. The Bertz CT molecular complexity index is 455. The van der Waals surface area contributed by atoms with Gasteiger partial charge in [-0.05, 0) is 18.4 Å². The maximum Gasteiger partial charge on any atom is 0.233 e. The van der Waals surface area contributed by atoms with E-state index in [9.17, 15) is 4.79 Å². The lowest BCUT2D eigenvalue weighted by molar-refractivity contribution is -0.120. The molecule has 17 heavy (non-hydrogen) atoms. The molecule has 0 saturated heterocycles. The van der Waals surface area contributed by atoms with Crippen LogP contribution in [0.1, 0.15) is 11.8 Å². The molecule has 0 saturated carbocycles. The molecule has 1 N–H and O–H groups in total. The molecule has 0 aliphatic rings. The first-order valence-corrected chi connectivity index (χ1v) is 7.62.